The van der Waals surface area contributed by atoms with Crippen LogP contribution >= 0.6 is 0 Å². The number of anilines is 1. The van der Waals surface area contributed by atoms with E-state index >= 15 is 0 Å². The van der Waals surface area contributed by atoms with Crippen LogP contribution in [0.5, 0.6) is 5.75 Å². The fourth-order valence-corrected chi connectivity index (χ4v) is 3.27. The lowest BCUT2D eigenvalue weighted by atomic mass is 9.98. The number of ether oxygens (including phenoxy) is 1. The van der Waals surface area contributed by atoms with Gasteiger partial charge in [-0.3, -0.25) is 9.59 Å². The van der Waals surface area contributed by atoms with Crippen LogP contribution in [0.4, 0.5) is 5.69 Å². The molecule has 0 aliphatic carbocycles. The normalized spacial score (nSPS) is 14.6. The molecule has 0 atom stereocenters. The van der Waals surface area contributed by atoms with Crippen LogP contribution in [0.3, 0.4) is 0 Å². The van der Waals surface area contributed by atoms with Crippen LogP contribution in [0.2, 0.25) is 0 Å². The third-order valence-electron chi connectivity index (χ3n) is 5.31. The highest BCUT2D eigenvalue weighted by Crippen LogP contribution is 2.20. The summed E-state index contributed by atoms with van der Waals surface area (Å²) in [6, 6.07) is 12.8. The Labute approximate surface area is 166 Å². The molecule has 5 nitrogen and oxygen atoms in total. The number of hydrogen-bond donors (Lipinski definition) is 1. The highest BCUT2D eigenvalue weighted by atomic mass is 16.5. The number of nitrogens with one attached hydrogen (secondary N) is 1. The van der Waals surface area contributed by atoms with Gasteiger partial charge in [-0.05, 0) is 74.1 Å². The molecule has 1 heterocycles. The molecule has 1 saturated heterocycles. The predicted molar refractivity (Wildman–Crippen MR) is 111 cm³/mol. The van der Waals surface area contributed by atoms with Crippen LogP contribution in [0, 0.1) is 19.8 Å². The summed E-state index contributed by atoms with van der Waals surface area (Å²) in [5.41, 5.74) is 3.50. The van der Waals surface area contributed by atoms with Crippen LogP contribution in [0.25, 0.3) is 0 Å². The zero-order chi connectivity index (χ0) is 20.1. The minimum absolute atomic E-state index is 0.0226. The van der Waals surface area contributed by atoms with Crippen LogP contribution in [-0.4, -0.2) is 36.4 Å². The number of hydrogen-bond acceptors (Lipinski definition) is 3. The molecular weight excluding hydrogens is 352 g/mol. The molecule has 0 bridgehead atoms. The van der Waals surface area contributed by atoms with Gasteiger partial charge in [0, 0.05) is 24.3 Å². The van der Waals surface area contributed by atoms with Crippen LogP contribution < -0.4 is 10.1 Å². The van der Waals surface area contributed by atoms with Crippen molar-refractivity contribution in [1.82, 2.24) is 4.90 Å². The van der Waals surface area contributed by atoms with Crippen molar-refractivity contribution in [2.45, 2.75) is 33.6 Å². The molecule has 1 N–H and O–H groups in total. The number of aryl methyl sites for hydroxylation is 2. The van der Waals surface area contributed by atoms with Gasteiger partial charge in [-0.25, -0.2) is 0 Å². The maximum atomic E-state index is 12.7. The molecule has 148 valence electrons. The van der Waals surface area contributed by atoms with Gasteiger partial charge in [-0.1, -0.05) is 19.1 Å². The summed E-state index contributed by atoms with van der Waals surface area (Å²) in [6.45, 7) is 7.77. The third-order valence-corrected chi connectivity index (χ3v) is 5.31. The summed E-state index contributed by atoms with van der Waals surface area (Å²) in [4.78, 5) is 26.8. The van der Waals surface area contributed by atoms with Crippen molar-refractivity contribution in [2.24, 2.45) is 5.92 Å². The Morgan fingerprint density at radius 1 is 1.07 bits per heavy atom. The van der Waals surface area contributed by atoms with Gasteiger partial charge in [-0.15, -0.1) is 0 Å². The van der Waals surface area contributed by atoms with Crippen LogP contribution in [0.1, 0.15) is 41.3 Å². The van der Waals surface area contributed by atoms with Gasteiger partial charge in [0.1, 0.15) is 5.75 Å². The zero-order valence-corrected chi connectivity index (χ0v) is 16.8. The highest BCUT2D eigenvalue weighted by Gasteiger charge is 2.21. The molecule has 2 aromatic carbocycles. The van der Waals surface area contributed by atoms with Gasteiger partial charge >= 0.3 is 0 Å². The first-order valence-electron chi connectivity index (χ1n) is 9.81. The van der Waals surface area contributed by atoms with Gasteiger partial charge in [0.25, 0.3) is 11.8 Å². The van der Waals surface area contributed by atoms with E-state index in [4.69, 9.17) is 4.74 Å². The standard InChI is InChI=1S/C23H28N2O3/c1-16-9-11-25(12-10-16)23(27)19-5-4-6-20(14-19)24-22(26)15-28-21-8-7-17(2)18(3)13-21/h4-8,13-14,16H,9-12,15H2,1-3H3,(H,24,26). The van der Waals surface area contributed by atoms with Gasteiger partial charge in [-0.2, -0.15) is 0 Å². The highest BCUT2D eigenvalue weighted by molar-refractivity contribution is 5.97. The van der Waals surface area contributed by atoms with Crippen molar-refractivity contribution >= 4 is 17.5 Å². The Kier molecular flexibility index (Phi) is 6.34. The Morgan fingerprint density at radius 2 is 1.82 bits per heavy atom. The number of nitrogens with zero attached hydrogens (tertiary/aromatic N) is 1. The molecular formula is C23H28N2O3. The van der Waals surface area contributed by atoms with E-state index in [1.54, 1.807) is 24.3 Å². The average molecular weight is 380 g/mol. The lowest BCUT2D eigenvalue weighted by Crippen LogP contribution is -2.37. The van der Waals surface area contributed by atoms with Gasteiger partial charge in [0.05, 0.1) is 0 Å². The topological polar surface area (TPSA) is 58.6 Å². The molecule has 2 amide bonds. The first kappa shape index (κ1) is 19.9. The molecule has 1 aliphatic heterocycles. The van der Waals surface area contributed by atoms with E-state index in [2.05, 4.69) is 12.2 Å². The molecule has 0 unspecified atom stereocenters. The summed E-state index contributed by atoms with van der Waals surface area (Å²) in [5, 5.41) is 2.81. The number of likely N-dealkylation sites (tertiary alicyclic amines) is 1. The van der Waals surface area contributed by atoms with E-state index in [1.807, 2.05) is 36.9 Å². The number of carbonyl (C=O) groups is 2. The third kappa shape index (κ3) is 5.12. The molecule has 0 aromatic heterocycles. The predicted octanol–water partition coefficient (Wildman–Crippen LogP) is 4.19. The SMILES string of the molecule is Cc1ccc(OCC(=O)Nc2cccc(C(=O)N3CCC(C)CC3)c2)cc1C. The lowest BCUT2D eigenvalue weighted by molar-refractivity contribution is -0.118. The summed E-state index contributed by atoms with van der Waals surface area (Å²) < 4.78 is 5.57. The fourth-order valence-electron chi connectivity index (χ4n) is 3.27. The van der Waals surface area contributed by atoms with Crippen molar-refractivity contribution in [2.75, 3.05) is 25.0 Å². The number of benzene rings is 2. The monoisotopic (exact) mass is 380 g/mol. The maximum absolute atomic E-state index is 12.7. The maximum Gasteiger partial charge on any atom is 0.262 e. The van der Waals surface area contributed by atoms with Gasteiger partial charge < -0.3 is 15.0 Å². The summed E-state index contributed by atoms with van der Waals surface area (Å²) in [7, 11) is 0. The minimum Gasteiger partial charge on any atom is -0.484 e. The quantitative estimate of drug-likeness (QED) is 0.846. The zero-order valence-electron chi connectivity index (χ0n) is 16.8. The molecule has 0 radical (unpaired) electrons. The average Bonchev–Trinajstić information content (AvgIpc) is 2.69. The molecule has 0 spiro atoms. The van der Waals surface area contributed by atoms with Crippen molar-refractivity contribution in [1.29, 1.82) is 0 Å². The van der Waals surface area contributed by atoms with E-state index in [9.17, 15) is 9.59 Å². The summed E-state index contributed by atoms with van der Waals surface area (Å²) in [5.74, 6) is 1.11. The smallest absolute Gasteiger partial charge is 0.262 e. The molecule has 1 fully saturated rings. The Bertz CT molecular complexity index is 855. The summed E-state index contributed by atoms with van der Waals surface area (Å²) >= 11 is 0. The first-order valence-corrected chi connectivity index (χ1v) is 9.81. The van der Waals surface area contributed by atoms with Gasteiger partial charge in [0.2, 0.25) is 0 Å². The van der Waals surface area contributed by atoms with Crippen molar-refractivity contribution < 1.29 is 14.3 Å². The van der Waals surface area contributed by atoms with Crippen molar-refractivity contribution in [3.63, 3.8) is 0 Å². The molecule has 28 heavy (non-hydrogen) atoms. The molecule has 3 rings (SSSR count). The minimum atomic E-state index is -0.255. The summed E-state index contributed by atoms with van der Waals surface area (Å²) in [6.07, 6.45) is 2.08. The van der Waals surface area contributed by atoms with E-state index in [1.165, 1.54) is 5.56 Å². The van der Waals surface area contributed by atoms with E-state index in [0.29, 0.717) is 22.9 Å². The number of rotatable bonds is 5. The lowest BCUT2D eigenvalue weighted by Gasteiger charge is -2.30. The second kappa shape index (κ2) is 8.91. The number of amides is 2. The van der Waals surface area contributed by atoms with E-state index in [0.717, 1.165) is 31.5 Å². The molecule has 5 heteroatoms. The fraction of sp³-hybridized carbons (Fsp3) is 0.391. The van der Waals surface area contributed by atoms with Crippen molar-refractivity contribution in [3.05, 3.63) is 59.2 Å². The Hall–Kier alpha value is -2.82. The second-order valence-electron chi connectivity index (χ2n) is 7.64. The van der Waals surface area contributed by atoms with Crippen molar-refractivity contribution in [3.8, 4) is 5.75 Å². The largest absolute Gasteiger partial charge is 0.484 e. The van der Waals surface area contributed by atoms with E-state index in [-0.39, 0.29) is 18.4 Å². The first-order chi connectivity index (χ1) is 13.4. The Balaban J connectivity index is 1.56. The van der Waals surface area contributed by atoms with E-state index < -0.39 is 0 Å². The van der Waals surface area contributed by atoms with Gasteiger partial charge in [0.15, 0.2) is 6.61 Å². The molecule has 0 saturated carbocycles. The molecule has 1 aliphatic rings. The Morgan fingerprint density at radius 3 is 2.54 bits per heavy atom. The molecule has 2 aromatic rings. The van der Waals surface area contributed by atoms with Crippen LogP contribution in [0.15, 0.2) is 42.5 Å². The second-order valence-corrected chi connectivity index (χ2v) is 7.64. The van der Waals surface area contributed by atoms with Crippen LogP contribution in [-0.2, 0) is 4.79 Å². The number of carbonyl (C=O) groups excluding carboxylic acids is 2. The number of piperidine rings is 1.